The minimum atomic E-state index is -0.0830. The first-order valence-corrected chi connectivity index (χ1v) is 5.99. The number of aromatic nitrogens is 3. The first-order valence-electron chi connectivity index (χ1n) is 5.99. The topological polar surface area (TPSA) is 85.0 Å². The summed E-state index contributed by atoms with van der Waals surface area (Å²) in [5.74, 6) is 0.725. The molecule has 2 N–H and O–H groups in total. The van der Waals surface area contributed by atoms with Gasteiger partial charge in [0.15, 0.2) is 0 Å². The Morgan fingerprint density at radius 1 is 1.47 bits per heavy atom. The Bertz CT molecular complexity index is 553. The van der Waals surface area contributed by atoms with E-state index in [9.17, 15) is 4.79 Å². The number of anilines is 1. The highest BCUT2D eigenvalue weighted by Gasteiger charge is 2.09. The van der Waals surface area contributed by atoms with Gasteiger partial charge in [0.05, 0.1) is 17.6 Å². The number of nitrogens with zero attached hydrogens (tertiary/aromatic N) is 3. The second-order valence-corrected chi connectivity index (χ2v) is 4.26. The average Bonchev–Trinajstić information content (AvgIpc) is 2.95. The molecule has 0 saturated heterocycles. The van der Waals surface area contributed by atoms with E-state index in [1.165, 1.54) is 0 Å². The van der Waals surface area contributed by atoms with Crippen LogP contribution in [0.3, 0.4) is 0 Å². The van der Waals surface area contributed by atoms with Crippen LogP contribution in [0.2, 0.25) is 0 Å². The van der Waals surface area contributed by atoms with Gasteiger partial charge in [-0.05, 0) is 13.8 Å². The fourth-order valence-electron chi connectivity index (χ4n) is 1.71. The van der Waals surface area contributed by atoms with Crippen LogP contribution in [0.25, 0.3) is 0 Å². The molecule has 2 aromatic heterocycles. The van der Waals surface area contributed by atoms with Crippen LogP contribution in [-0.4, -0.2) is 27.9 Å². The molecule has 0 unspecified atom stereocenters. The fourth-order valence-corrected chi connectivity index (χ4v) is 1.71. The molecule has 7 nitrogen and oxygen atoms in total. The Morgan fingerprint density at radius 3 is 2.89 bits per heavy atom. The van der Waals surface area contributed by atoms with Crippen LogP contribution in [0.5, 0.6) is 0 Å². The molecule has 0 atom stereocenters. The van der Waals surface area contributed by atoms with Gasteiger partial charge < -0.3 is 15.2 Å². The van der Waals surface area contributed by atoms with Crippen molar-refractivity contribution in [3.63, 3.8) is 0 Å². The highest BCUT2D eigenvalue weighted by molar-refractivity contribution is 5.75. The maximum atomic E-state index is 11.2. The maximum Gasteiger partial charge on any atom is 0.241 e. The zero-order valence-corrected chi connectivity index (χ0v) is 11.2. The monoisotopic (exact) mass is 263 g/mol. The molecule has 0 spiro atoms. The second kappa shape index (κ2) is 5.55. The van der Waals surface area contributed by atoms with Gasteiger partial charge in [-0.2, -0.15) is 5.10 Å². The quantitative estimate of drug-likeness (QED) is 0.835. The Labute approximate surface area is 111 Å². The number of rotatable bonds is 5. The van der Waals surface area contributed by atoms with Crippen LogP contribution in [0.15, 0.2) is 16.9 Å². The highest BCUT2D eigenvalue weighted by atomic mass is 16.5. The Balaban J connectivity index is 1.95. The lowest BCUT2D eigenvalue weighted by atomic mass is 10.2. The molecule has 0 bridgehead atoms. The lowest BCUT2D eigenvalue weighted by molar-refractivity contribution is -0.121. The molecule has 0 radical (unpaired) electrons. The average molecular weight is 263 g/mol. The molecular formula is C12H17N5O2. The third kappa shape index (κ3) is 3.12. The molecule has 2 heterocycles. The van der Waals surface area contributed by atoms with Crippen molar-refractivity contribution in [3.05, 3.63) is 29.4 Å². The molecule has 0 aromatic carbocycles. The number of nitrogens with one attached hydrogen (secondary N) is 2. The molecular weight excluding hydrogens is 246 g/mol. The molecule has 7 heteroatoms. The van der Waals surface area contributed by atoms with Crippen molar-refractivity contribution in [1.82, 2.24) is 20.3 Å². The van der Waals surface area contributed by atoms with E-state index in [0.29, 0.717) is 6.54 Å². The Morgan fingerprint density at radius 2 is 2.26 bits per heavy atom. The van der Waals surface area contributed by atoms with Gasteiger partial charge in [-0.25, -0.2) is 0 Å². The van der Waals surface area contributed by atoms with Crippen molar-refractivity contribution in [2.75, 3.05) is 12.4 Å². The summed E-state index contributed by atoms with van der Waals surface area (Å²) in [4.78, 5) is 11.2. The van der Waals surface area contributed by atoms with Crippen LogP contribution >= 0.6 is 0 Å². The number of hydrogen-bond acceptors (Lipinski definition) is 5. The number of aryl methyl sites for hydroxylation is 2. The van der Waals surface area contributed by atoms with Crippen molar-refractivity contribution in [3.8, 4) is 0 Å². The van der Waals surface area contributed by atoms with Gasteiger partial charge in [0.1, 0.15) is 12.3 Å². The predicted molar refractivity (Wildman–Crippen MR) is 69.6 cm³/mol. The maximum absolute atomic E-state index is 11.2. The minimum absolute atomic E-state index is 0.0830. The van der Waals surface area contributed by atoms with Crippen molar-refractivity contribution >= 4 is 11.6 Å². The smallest absolute Gasteiger partial charge is 0.241 e. The van der Waals surface area contributed by atoms with Crippen LogP contribution in [0, 0.1) is 13.8 Å². The summed E-state index contributed by atoms with van der Waals surface area (Å²) < 4.78 is 6.67. The molecule has 0 aliphatic rings. The van der Waals surface area contributed by atoms with E-state index in [2.05, 4.69) is 20.9 Å². The van der Waals surface area contributed by atoms with Crippen LogP contribution < -0.4 is 10.6 Å². The number of hydrogen-bond donors (Lipinski definition) is 2. The molecule has 102 valence electrons. The summed E-state index contributed by atoms with van der Waals surface area (Å²) in [6.45, 7) is 4.62. The lowest BCUT2D eigenvalue weighted by Crippen LogP contribution is -2.23. The summed E-state index contributed by atoms with van der Waals surface area (Å²) in [5, 5.41) is 13.8. The van der Waals surface area contributed by atoms with Gasteiger partial charge in [0.2, 0.25) is 5.91 Å². The van der Waals surface area contributed by atoms with E-state index >= 15 is 0 Å². The fraction of sp³-hybridized carbons (Fsp3) is 0.417. The number of amides is 1. The molecule has 0 fully saturated rings. The highest BCUT2D eigenvalue weighted by Crippen LogP contribution is 2.14. The van der Waals surface area contributed by atoms with Gasteiger partial charge in [-0.3, -0.25) is 9.48 Å². The van der Waals surface area contributed by atoms with E-state index in [0.717, 1.165) is 22.7 Å². The normalized spacial score (nSPS) is 10.5. The van der Waals surface area contributed by atoms with Gasteiger partial charge in [0, 0.05) is 25.4 Å². The van der Waals surface area contributed by atoms with Gasteiger partial charge >= 0.3 is 0 Å². The summed E-state index contributed by atoms with van der Waals surface area (Å²) in [7, 11) is 1.60. The molecule has 0 aliphatic heterocycles. The van der Waals surface area contributed by atoms with E-state index in [-0.39, 0.29) is 12.5 Å². The molecule has 0 saturated carbocycles. The van der Waals surface area contributed by atoms with Crippen molar-refractivity contribution in [1.29, 1.82) is 0 Å². The summed E-state index contributed by atoms with van der Waals surface area (Å²) in [6.07, 6.45) is 3.47. The third-order valence-corrected chi connectivity index (χ3v) is 2.87. The second-order valence-electron chi connectivity index (χ2n) is 4.26. The summed E-state index contributed by atoms with van der Waals surface area (Å²) >= 11 is 0. The zero-order valence-electron chi connectivity index (χ0n) is 11.2. The summed E-state index contributed by atoms with van der Waals surface area (Å²) in [6, 6.07) is 0. The van der Waals surface area contributed by atoms with Crippen LogP contribution in [-0.2, 0) is 17.9 Å². The first-order chi connectivity index (χ1) is 9.10. The Hall–Kier alpha value is -2.31. The third-order valence-electron chi connectivity index (χ3n) is 2.87. The van der Waals surface area contributed by atoms with Crippen molar-refractivity contribution < 1.29 is 9.32 Å². The standard InChI is InChI=1S/C12H17N5O2/c1-8-11(9(2)19-16-8)5-14-10-4-15-17(6-10)7-12(18)13-3/h4,6,14H,5,7H2,1-3H3,(H,13,18). The predicted octanol–water partition coefficient (Wildman–Crippen LogP) is 0.846. The van der Waals surface area contributed by atoms with Gasteiger partial charge in [0.25, 0.3) is 0 Å². The van der Waals surface area contributed by atoms with Crippen molar-refractivity contribution in [2.24, 2.45) is 0 Å². The van der Waals surface area contributed by atoms with E-state index in [1.807, 2.05) is 13.8 Å². The summed E-state index contributed by atoms with van der Waals surface area (Å²) in [5.41, 5.74) is 2.77. The first kappa shape index (κ1) is 13.1. The molecule has 2 aromatic rings. The van der Waals surface area contributed by atoms with Crippen molar-refractivity contribution in [2.45, 2.75) is 26.9 Å². The van der Waals surface area contributed by atoms with Crippen LogP contribution in [0.1, 0.15) is 17.0 Å². The van der Waals surface area contributed by atoms with Crippen LogP contribution in [0.4, 0.5) is 5.69 Å². The van der Waals surface area contributed by atoms with E-state index < -0.39 is 0 Å². The number of likely N-dealkylation sites (N-methyl/N-ethyl adjacent to an activating group) is 1. The molecule has 2 rings (SSSR count). The zero-order chi connectivity index (χ0) is 13.8. The number of carbonyl (C=O) groups excluding carboxylic acids is 1. The largest absolute Gasteiger partial charge is 0.378 e. The molecule has 0 aliphatic carbocycles. The number of carbonyl (C=O) groups is 1. The lowest BCUT2D eigenvalue weighted by Gasteiger charge is -2.02. The van der Waals surface area contributed by atoms with Gasteiger partial charge in [-0.15, -0.1) is 0 Å². The molecule has 19 heavy (non-hydrogen) atoms. The molecule has 1 amide bonds. The van der Waals surface area contributed by atoms with E-state index in [4.69, 9.17) is 4.52 Å². The Kier molecular flexibility index (Phi) is 3.84. The SMILES string of the molecule is CNC(=O)Cn1cc(NCc2c(C)noc2C)cn1. The van der Waals surface area contributed by atoms with E-state index in [1.54, 1.807) is 24.1 Å². The van der Waals surface area contributed by atoms with Gasteiger partial charge in [-0.1, -0.05) is 5.16 Å². The minimum Gasteiger partial charge on any atom is -0.378 e.